The summed E-state index contributed by atoms with van der Waals surface area (Å²) in [6.45, 7) is 7.92. The first-order chi connectivity index (χ1) is 11.7. The number of nitrogens with zero attached hydrogens (tertiary/aromatic N) is 1. The molecule has 1 amide bonds. The largest absolute Gasteiger partial charge is 0.489 e. The Kier molecular flexibility index (Phi) is 8.05. The fraction of sp³-hybridized carbons (Fsp3) is 0.632. The Bertz CT molecular complexity index is 495. The highest BCUT2D eigenvalue weighted by molar-refractivity contribution is 5.93. The number of carbonyl (C=O) groups excluding carboxylic acids is 1. The van der Waals surface area contributed by atoms with Crippen LogP contribution < -0.4 is 10.1 Å². The maximum atomic E-state index is 12.4. The van der Waals surface area contributed by atoms with E-state index in [1.54, 1.807) is 0 Å². The van der Waals surface area contributed by atoms with Crippen LogP contribution in [0.1, 0.15) is 39.5 Å². The number of carbonyl (C=O) groups is 1. The van der Waals surface area contributed by atoms with E-state index in [1.807, 2.05) is 24.3 Å². The summed E-state index contributed by atoms with van der Waals surface area (Å²) in [5, 5.41) is 2.99. The van der Waals surface area contributed by atoms with Gasteiger partial charge in [0.25, 0.3) is 0 Å². The van der Waals surface area contributed by atoms with E-state index in [9.17, 15) is 4.79 Å². The summed E-state index contributed by atoms with van der Waals surface area (Å²) >= 11 is 0. The second kappa shape index (κ2) is 10.3. The van der Waals surface area contributed by atoms with Gasteiger partial charge in [-0.2, -0.15) is 0 Å². The number of anilines is 1. The monoisotopic (exact) mass is 334 g/mol. The van der Waals surface area contributed by atoms with Crippen molar-refractivity contribution in [3.8, 4) is 5.75 Å². The van der Waals surface area contributed by atoms with Crippen molar-refractivity contribution in [3.05, 3.63) is 24.3 Å². The molecule has 0 aromatic heterocycles. The summed E-state index contributed by atoms with van der Waals surface area (Å²) in [6, 6.07) is 7.60. The Morgan fingerprint density at radius 2 is 2.04 bits per heavy atom. The molecule has 5 heteroatoms. The molecule has 2 rings (SSSR count). The number of benzene rings is 1. The number of hydrogen-bond donors (Lipinski definition) is 1. The van der Waals surface area contributed by atoms with Crippen LogP contribution in [0.15, 0.2) is 24.3 Å². The fourth-order valence-corrected chi connectivity index (χ4v) is 2.95. The quantitative estimate of drug-likeness (QED) is 0.713. The summed E-state index contributed by atoms with van der Waals surface area (Å²) in [6.07, 6.45) is 4.40. The van der Waals surface area contributed by atoms with E-state index in [0.29, 0.717) is 18.9 Å². The molecule has 1 aromatic rings. The van der Waals surface area contributed by atoms with Gasteiger partial charge in [0.1, 0.15) is 12.4 Å². The lowest BCUT2D eigenvalue weighted by Crippen LogP contribution is -2.34. The Morgan fingerprint density at radius 3 is 2.71 bits per heavy atom. The van der Waals surface area contributed by atoms with Crippen LogP contribution in [0.5, 0.6) is 5.75 Å². The molecule has 1 aliphatic rings. The third kappa shape index (κ3) is 6.13. The topological polar surface area (TPSA) is 50.8 Å². The number of para-hydroxylation sites is 2. The second-order valence-electron chi connectivity index (χ2n) is 6.27. The first-order valence-corrected chi connectivity index (χ1v) is 9.08. The lowest BCUT2D eigenvalue weighted by Gasteiger charge is -2.21. The molecule has 1 aromatic carbocycles. The molecule has 24 heavy (non-hydrogen) atoms. The summed E-state index contributed by atoms with van der Waals surface area (Å²) in [5.41, 5.74) is 0.730. The molecule has 1 aliphatic heterocycles. The Hall–Kier alpha value is -1.59. The van der Waals surface area contributed by atoms with Crippen LogP contribution in [0.2, 0.25) is 0 Å². The smallest absolute Gasteiger partial charge is 0.238 e. The molecular formula is C19H30N2O3. The van der Waals surface area contributed by atoms with Crippen molar-refractivity contribution in [2.45, 2.75) is 45.6 Å². The van der Waals surface area contributed by atoms with Crippen LogP contribution in [0, 0.1) is 0 Å². The summed E-state index contributed by atoms with van der Waals surface area (Å²) in [7, 11) is 0. The van der Waals surface area contributed by atoms with Crippen molar-refractivity contribution in [3.63, 3.8) is 0 Å². The highest BCUT2D eigenvalue weighted by Gasteiger charge is 2.17. The van der Waals surface area contributed by atoms with Crippen molar-refractivity contribution in [2.24, 2.45) is 0 Å². The number of ether oxygens (including phenoxy) is 2. The SMILES string of the molecule is CCCN(CCC)CC(=O)Nc1ccccc1OCC1CCCO1. The molecule has 1 atom stereocenters. The Morgan fingerprint density at radius 1 is 1.29 bits per heavy atom. The van der Waals surface area contributed by atoms with Crippen LogP contribution in [0.3, 0.4) is 0 Å². The van der Waals surface area contributed by atoms with Gasteiger partial charge in [0, 0.05) is 6.61 Å². The van der Waals surface area contributed by atoms with E-state index in [1.165, 1.54) is 0 Å². The van der Waals surface area contributed by atoms with E-state index >= 15 is 0 Å². The van der Waals surface area contributed by atoms with Gasteiger partial charge >= 0.3 is 0 Å². The average Bonchev–Trinajstić information content (AvgIpc) is 3.08. The molecule has 1 saturated heterocycles. The van der Waals surface area contributed by atoms with Crippen LogP contribution in [-0.2, 0) is 9.53 Å². The second-order valence-corrected chi connectivity index (χ2v) is 6.27. The van der Waals surface area contributed by atoms with E-state index in [-0.39, 0.29) is 12.0 Å². The molecule has 0 bridgehead atoms. The highest BCUT2D eigenvalue weighted by Crippen LogP contribution is 2.25. The molecule has 134 valence electrons. The number of amides is 1. The molecule has 1 unspecified atom stereocenters. The van der Waals surface area contributed by atoms with E-state index in [2.05, 4.69) is 24.1 Å². The number of rotatable bonds is 10. The molecule has 1 heterocycles. The molecule has 0 saturated carbocycles. The van der Waals surface area contributed by atoms with Gasteiger partial charge in [-0.3, -0.25) is 9.69 Å². The van der Waals surface area contributed by atoms with Crippen LogP contribution in [0.4, 0.5) is 5.69 Å². The molecule has 5 nitrogen and oxygen atoms in total. The van der Waals surface area contributed by atoms with Crippen molar-refractivity contribution >= 4 is 11.6 Å². The van der Waals surface area contributed by atoms with E-state index in [4.69, 9.17) is 9.47 Å². The predicted molar refractivity (Wildman–Crippen MR) is 96.6 cm³/mol. The van der Waals surface area contributed by atoms with Crippen molar-refractivity contribution < 1.29 is 14.3 Å². The van der Waals surface area contributed by atoms with Crippen LogP contribution >= 0.6 is 0 Å². The maximum Gasteiger partial charge on any atom is 0.238 e. The number of nitrogens with one attached hydrogen (secondary N) is 1. The lowest BCUT2D eigenvalue weighted by molar-refractivity contribution is -0.117. The molecule has 1 fully saturated rings. The zero-order valence-electron chi connectivity index (χ0n) is 14.9. The van der Waals surface area contributed by atoms with Gasteiger partial charge < -0.3 is 14.8 Å². The summed E-state index contributed by atoms with van der Waals surface area (Å²) in [5.74, 6) is 0.712. The minimum atomic E-state index is 0.00469. The van der Waals surface area contributed by atoms with Gasteiger partial charge in [0.05, 0.1) is 18.3 Å². The molecular weight excluding hydrogens is 304 g/mol. The fourth-order valence-electron chi connectivity index (χ4n) is 2.95. The standard InChI is InChI=1S/C19H30N2O3/c1-3-11-21(12-4-2)14-19(22)20-17-9-5-6-10-18(17)24-15-16-8-7-13-23-16/h5-6,9-10,16H,3-4,7-8,11-15H2,1-2H3,(H,20,22). The van der Waals surface area contributed by atoms with Gasteiger partial charge in [-0.25, -0.2) is 0 Å². The first kappa shape index (κ1) is 18.7. The zero-order chi connectivity index (χ0) is 17.2. The van der Waals surface area contributed by atoms with Gasteiger partial charge in [-0.1, -0.05) is 26.0 Å². The third-order valence-corrected chi connectivity index (χ3v) is 4.06. The Balaban J connectivity index is 1.89. The highest BCUT2D eigenvalue weighted by atomic mass is 16.5. The van der Waals surface area contributed by atoms with Gasteiger partial charge in [0.2, 0.25) is 5.91 Å². The van der Waals surface area contributed by atoms with Gasteiger partial charge in [-0.05, 0) is 50.9 Å². The normalized spacial score (nSPS) is 17.2. The van der Waals surface area contributed by atoms with Crippen molar-refractivity contribution in [2.75, 3.05) is 38.2 Å². The first-order valence-electron chi connectivity index (χ1n) is 9.08. The molecule has 0 spiro atoms. The summed E-state index contributed by atoms with van der Waals surface area (Å²) < 4.78 is 11.5. The van der Waals surface area contributed by atoms with Gasteiger partial charge in [-0.15, -0.1) is 0 Å². The van der Waals surface area contributed by atoms with Crippen LogP contribution in [0.25, 0.3) is 0 Å². The third-order valence-electron chi connectivity index (χ3n) is 4.06. The summed E-state index contributed by atoms with van der Waals surface area (Å²) in [4.78, 5) is 14.5. The van der Waals surface area contributed by atoms with Gasteiger partial charge in [0.15, 0.2) is 0 Å². The number of hydrogen-bond acceptors (Lipinski definition) is 4. The van der Waals surface area contributed by atoms with E-state index in [0.717, 1.165) is 51.1 Å². The van der Waals surface area contributed by atoms with Crippen molar-refractivity contribution in [1.29, 1.82) is 0 Å². The molecule has 0 radical (unpaired) electrons. The minimum absolute atomic E-state index is 0.00469. The molecule has 0 aliphatic carbocycles. The predicted octanol–water partition coefficient (Wildman–Crippen LogP) is 3.30. The lowest BCUT2D eigenvalue weighted by atomic mass is 10.2. The van der Waals surface area contributed by atoms with E-state index < -0.39 is 0 Å². The zero-order valence-corrected chi connectivity index (χ0v) is 14.9. The van der Waals surface area contributed by atoms with Crippen LogP contribution in [-0.4, -0.2) is 49.8 Å². The minimum Gasteiger partial charge on any atom is -0.489 e. The molecule has 1 N–H and O–H groups in total. The average molecular weight is 334 g/mol. The van der Waals surface area contributed by atoms with Crippen molar-refractivity contribution in [1.82, 2.24) is 4.90 Å². The Labute approximate surface area is 145 Å². The maximum absolute atomic E-state index is 12.4.